The van der Waals surface area contributed by atoms with Crippen molar-refractivity contribution in [1.29, 1.82) is 0 Å². The van der Waals surface area contributed by atoms with Gasteiger partial charge in [0.1, 0.15) is 10.6 Å². The SMILES string of the molecule is Cc1nsc2[nH]c(=O)n(Nc3ccc(O)cc3)c(=O)c12. The van der Waals surface area contributed by atoms with Crippen molar-refractivity contribution >= 4 is 27.4 Å². The number of nitrogens with zero attached hydrogens (tertiary/aromatic N) is 2. The van der Waals surface area contributed by atoms with E-state index < -0.39 is 11.2 Å². The second kappa shape index (κ2) is 4.49. The maximum atomic E-state index is 12.3. The number of aryl methyl sites for hydroxylation is 1. The number of phenols is 1. The number of aromatic hydroxyl groups is 1. The van der Waals surface area contributed by atoms with Crippen LogP contribution in [0.15, 0.2) is 33.9 Å². The number of hydrogen-bond donors (Lipinski definition) is 3. The molecule has 20 heavy (non-hydrogen) atoms. The zero-order chi connectivity index (χ0) is 14.3. The van der Waals surface area contributed by atoms with Crippen molar-refractivity contribution in [1.82, 2.24) is 14.0 Å². The van der Waals surface area contributed by atoms with Crippen LogP contribution in [0.1, 0.15) is 5.69 Å². The number of benzene rings is 1. The molecule has 7 nitrogen and oxygen atoms in total. The number of H-pyrrole nitrogens is 1. The van der Waals surface area contributed by atoms with E-state index in [9.17, 15) is 14.7 Å². The summed E-state index contributed by atoms with van der Waals surface area (Å²) in [6.45, 7) is 1.71. The Bertz CT molecular complexity index is 892. The van der Waals surface area contributed by atoms with Crippen LogP contribution in [0.2, 0.25) is 0 Å². The van der Waals surface area contributed by atoms with E-state index in [2.05, 4.69) is 14.8 Å². The van der Waals surface area contributed by atoms with Gasteiger partial charge < -0.3 is 5.11 Å². The molecular weight excluding hydrogens is 280 g/mol. The number of nitrogens with one attached hydrogen (secondary N) is 2. The van der Waals surface area contributed by atoms with Crippen molar-refractivity contribution in [2.75, 3.05) is 5.43 Å². The summed E-state index contributed by atoms with van der Waals surface area (Å²) in [6, 6.07) is 6.03. The summed E-state index contributed by atoms with van der Waals surface area (Å²) >= 11 is 1.08. The summed E-state index contributed by atoms with van der Waals surface area (Å²) in [4.78, 5) is 27.3. The molecule has 0 fully saturated rings. The lowest BCUT2D eigenvalue weighted by atomic mass is 10.3. The van der Waals surface area contributed by atoms with Crippen molar-refractivity contribution in [2.45, 2.75) is 6.92 Å². The summed E-state index contributed by atoms with van der Waals surface area (Å²) in [6.07, 6.45) is 0. The number of anilines is 1. The van der Waals surface area contributed by atoms with Crippen LogP contribution in [0.25, 0.3) is 10.2 Å². The van der Waals surface area contributed by atoms with Gasteiger partial charge in [0.2, 0.25) is 0 Å². The lowest BCUT2D eigenvalue weighted by molar-refractivity contribution is 0.475. The topological polar surface area (TPSA) is 100 Å². The summed E-state index contributed by atoms with van der Waals surface area (Å²) in [5.74, 6) is 0.102. The number of fused-ring (bicyclic) bond motifs is 1. The lowest BCUT2D eigenvalue weighted by Gasteiger charge is -2.08. The Morgan fingerprint density at radius 1 is 1.30 bits per heavy atom. The minimum atomic E-state index is -0.570. The molecule has 0 aliphatic heterocycles. The second-order valence-corrected chi connectivity index (χ2v) is 4.97. The Labute approximate surface area is 116 Å². The van der Waals surface area contributed by atoms with Gasteiger partial charge in [-0.3, -0.25) is 15.2 Å². The van der Waals surface area contributed by atoms with E-state index in [4.69, 9.17) is 0 Å². The molecule has 0 amide bonds. The number of rotatable bonds is 2. The third-order valence-electron chi connectivity index (χ3n) is 2.81. The first-order valence-electron chi connectivity index (χ1n) is 5.73. The highest BCUT2D eigenvalue weighted by atomic mass is 32.1. The lowest BCUT2D eigenvalue weighted by Crippen LogP contribution is -2.39. The molecule has 0 saturated carbocycles. The van der Waals surface area contributed by atoms with E-state index in [1.807, 2.05) is 0 Å². The molecule has 0 unspecified atom stereocenters. The number of aromatic nitrogens is 3. The molecule has 0 spiro atoms. The second-order valence-electron chi connectivity index (χ2n) is 4.20. The van der Waals surface area contributed by atoms with Crippen LogP contribution in [0.4, 0.5) is 5.69 Å². The predicted molar refractivity (Wildman–Crippen MR) is 76.4 cm³/mol. The molecular formula is C12H10N4O3S. The normalized spacial score (nSPS) is 10.8. The fourth-order valence-electron chi connectivity index (χ4n) is 1.83. The number of aromatic amines is 1. The average molecular weight is 290 g/mol. The van der Waals surface area contributed by atoms with Gasteiger partial charge in [-0.1, -0.05) is 0 Å². The van der Waals surface area contributed by atoms with Gasteiger partial charge in [0.25, 0.3) is 5.56 Å². The van der Waals surface area contributed by atoms with Crippen LogP contribution in [0.3, 0.4) is 0 Å². The zero-order valence-electron chi connectivity index (χ0n) is 10.4. The van der Waals surface area contributed by atoms with Gasteiger partial charge in [0.15, 0.2) is 0 Å². The largest absolute Gasteiger partial charge is 0.508 e. The minimum Gasteiger partial charge on any atom is -0.508 e. The summed E-state index contributed by atoms with van der Waals surface area (Å²) in [7, 11) is 0. The smallest absolute Gasteiger partial charge is 0.348 e. The first-order valence-corrected chi connectivity index (χ1v) is 6.51. The highest BCUT2D eigenvalue weighted by molar-refractivity contribution is 7.12. The first kappa shape index (κ1) is 12.4. The van der Waals surface area contributed by atoms with Crippen LogP contribution in [-0.2, 0) is 0 Å². The molecule has 0 saturated heterocycles. The molecule has 2 heterocycles. The van der Waals surface area contributed by atoms with Gasteiger partial charge in [0.05, 0.1) is 16.8 Å². The van der Waals surface area contributed by atoms with Gasteiger partial charge in [-0.2, -0.15) is 9.05 Å². The molecule has 1 aromatic carbocycles. The third kappa shape index (κ3) is 1.95. The Balaban J connectivity index is 2.16. The van der Waals surface area contributed by atoms with Crippen molar-refractivity contribution in [3.05, 3.63) is 50.8 Å². The third-order valence-corrected chi connectivity index (χ3v) is 3.67. The molecule has 3 aromatic rings. The van der Waals surface area contributed by atoms with Gasteiger partial charge in [-0.15, -0.1) is 0 Å². The van der Waals surface area contributed by atoms with E-state index in [0.29, 0.717) is 21.6 Å². The number of hydrogen-bond acceptors (Lipinski definition) is 6. The Hall–Kier alpha value is -2.61. The van der Waals surface area contributed by atoms with Crippen LogP contribution < -0.4 is 16.7 Å². The van der Waals surface area contributed by atoms with Crippen LogP contribution in [-0.4, -0.2) is 19.1 Å². The highest BCUT2D eigenvalue weighted by Gasteiger charge is 2.12. The summed E-state index contributed by atoms with van der Waals surface area (Å²) in [5.41, 5.74) is 2.76. The van der Waals surface area contributed by atoms with Crippen molar-refractivity contribution < 1.29 is 5.11 Å². The van der Waals surface area contributed by atoms with E-state index in [0.717, 1.165) is 16.2 Å². The van der Waals surface area contributed by atoms with E-state index in [1.54, 1.807) is 19.1 Å². The Morgan fingerprint density at radius 3 is 2.70 bits per heavy atom. The van der Waals surface area contributed by atoms with E-state index >= 15 is 0 Å². The Kier molecular flexibility index (Phi) is 2.79. The highest BCUT2D eigenvalue weighted by Crippen LogP contribution is 2.15. The number of phenolic OH excluding ortho intramolecular Hbond substituents is 1. The summed E-state index contributed by atoms with van der Waals surface area (Å²) in [5, 5.41) is 9.60. The minimum absolute atomic E-state index is 0.102. The molecule has 0 bridgehead atoms. The predicted octanol–water partition coefficient (Wildman–Crippen LogP) is 1.04. The molecule has 3 N–H and O–H groups in total. The fraction of sp³-hybridized carbons (Fsp3) is 0.0833. The monoisotopic (exact) mass is 290 g/mol. The van der Waals surface area contributed by atoms with Crippen LogP contribution in [0, 0.1) is 6.92 Å². The molecule has 0 atom stereocenters. The van der Waals surface area contributed by atoms with Crippen LogP contribution in [0.5, 0.6) is 5.75 Å². The molecule has 8 heteroatoms. The first-order chi connectivity index (χ1) is 9.56. The molecule has 0 radical (unpaired) electrons. The van der Waals surface area contributed by atoms with Crippen molar-refractivity contribution in [2.24, 2.45) is 0 Å². The molecule has 102 valence electrons. The van der Waals surface area contributed by atoms with E-state index in [-0.39, 0.29) is 5.75 Å². The molecule has 0 aliphatic carbocycles. The fourth-order valence-corrected chi connectivity index (χ4v) is 2.61. The zero-order valence-corrected chi connectivity index (χ0v) is 11.2. The standard InChI is InChI=1S/C12H10N4O3S/c1-6-9-10(20-15-6)13-12(19)16(11(9)18)14-7-2-4-8(17)5-3-7/h2-5,14,17H,1H3,(H,13,19). The Morgan fingerprint density at radius 2 is 2.00 bits per heavy atom. The maximum absolute atomic E-state index is 12.3. The van der Waals surface area contributed by atoms with Gasteiger partial charge in [0, 0.05) is 0 Å². The quantitative estimate of drug-likeness (QED) is 0.612. The van der Waals surface area contributed by atoms with Gasteiger partial charge in [-0.05, 0) is 42.7 Å². The summed E-state index contributed by atoms with van der Waals surface area (Å²) < 4.78 is 4.94. The van der Waals surface area contributed by atoms with Gasteiger partial charge >= 0.3 is 5.69 Å². The van der Waals surface area contributed by atoms with Crippen LogP contribution >= 0.6 is 11.5 Å². The average Bonchev–Trinajstić information content (AvgIpc) is 2.78. The molecule has 3 rings (SSSR count). The maximum Gasteiger partial charge on any atom is 0.348 e. The van der Waals surface area contributed by atoms with E-state index in [1.165, 1.54) is 12.1 Å². The molecule has 2 aromatic heterocycles. The van der Waals surface area contributed by atoms with Crippen molar-refractivity contribution in [3.63, 3.8) is 0 Å². The molecule has 0 aliphatic rings. The van der Waals surface area contributed by atoms with Gasteiger partial charge in [-0.25, -0.2) is 4.79 Å². The van der Waals surface area contributed by atoms with Crippen molar-refractivity contribution in [3.8, 4) is 5.75 Å².